The van der Waals surface area contributed by atoms with Crippen molar-refractivity contribution in [2.24, 2.45) is 0 Å². The number of carbonyl (C=O) groups is 1. The Bertz CT molecular complexity index is 1070. The molecular weight excluding hydrogens is 440 g/mol. The van der Waals surface area contributed by atoms with Crippen LogP contribution < -0.4 is 11.1 Å². The maximum Gasteiger partial charge on any atom is 0.407 e. The molecule has 5 rings (SSSR count). The zero-order chi connectivity index (χ0) is 24.3. The Morgan fingerprint density at radius 2 is 2.06 bits per heavy atom. The number of nitrogens with one attached hydrogen (secondary N) is 1. The summed E-state index contributed by atoms with van der Waals surface area (Å²) < 4.78 is 26.4. The number of alkyl carbamates (subject to hydrolysis) is 1. The van der Waals surface area contributed by atoms with Crippen LogP contribution in [0.3, 0.4) is 0 Å². The van der Waals surface area contributed by atoms with Crippen molar-refractivity contribution in [3.05, 3.63) is 18.6 Å². The van der Waals surface area contributed by atoms with E-state index in [0.717, 1.165) is 24.9 Å². The van der Waals surface area contributed by atoms with Crippen molar-refractivity contribution >= 4 is 22.9 Å². The van der Waals surface area contributed by atoms with E-state index in [4.69, 9.17) is 24.7 Å². The summed E-state index contributed by atoms with van der Waals surface area (Å²) >= 11 is 0. The molecule has 34 heavy (non-hydrogen) atoms. The maximum absolute atomic E-state index is 12.2. The summed E-state index contributed by atoms with van der Waals surface area (Å²) in [6.45, 7) is 11.7. The Balaban J connectivity index is 1.28. The molecular formula is C23H34N6O5. The first-order chi connectivity index (χ1) is 16.0. The van der Waals surface area contributed by atoms with Gasteiger partial charge in [-0.05, 0) is 47.1 Å². The molecule has 2 aromatic rings. The van der Waals surface area contributed by atoms with Gasteiger partial charge in [-0.25, -0.2) is 14.8 Å². The van der Waals surface area contributed by atoms with Gasteiger partial charge in [0.15, 0.2) is 12.0 Å². The smallest absolute Gasteiger partial charge is 0.407 e. The van der Waals surface area contributed by atoms with E-state index in [1.165, 1.54) is 6.33 Å². The Labute approximate surface area is 198 Å². The lowest BCUT2D eigenvalue weighted by molar-refractivity contribution is -0.197. The molecule has 5 atom stereocenters. The fourth-order valence-corrected chi connectivity index (χ4v) is 5.07. The lowest BCUT2D eigenvalue weighted by Crippen LogP contribution is -2.43. The fraction of sp³-hybridized carbons (Fsp3) is 0.696. The Morgan fingerprint density at radius 3 is 2.82 bits per heavy atom. The van der Waals surface area contributed by atoms with Crippen molar-refractivity contribution in [2.75, 3.05) is 25.4 Å². The van der Waals surface area contributed by atoms with Crippen LogP contribution in [0, 0.1) is 0 Å². The van der Waals surface area contributed by atoms with Gasteiger partial charge < -0.3 is 34.6 Å². The third kappa shape index (κ3) is 4.57. The maximum atomic E-state index is 12.2. The van der Waals surface area contributed by atoms with Gasteiger partial charge in [0.1, 0.15) is 41.7 Å². The van der Waals surface area contributed by atoms with E-state index in [1.807, 2.05) is 51.4 Å². The normalized spacial score (nSPS) is 31.1. The lowest BCUT2D eigenvalue weighted by Gasteiger charge is -2.27. The van der Waals surface area contributed by atoms with Crippen LogP contribution >= 0.6 is 0 Å². The second-order valence-corrected chi connectivity index (χ2v) is 10.7. The number of hydrogen-bond acceptors (Lipinski definition) is 9. The number of likely N-dealkylation sites (tertiary alicyclic amines) is 1. The fourth-order valence-electron chi connectivity index (χ4n) is 5.07. The van der Waals surface area contributed by atoms with Crippen molar-refractivity contribution in [3.63, 3.8) is 0 Å². The highest BCUT2D eigenvalue weighted by atomic mass is 16.8. The number of nitrogen functional groups attached to an aromatic ring is 1. The van der Waals surface area contributed by atoms with Crippen LogP contribution in [0.1, 0.15) is 47.3 Å². The van der Waals surface area contributed by atoms with E-state index in [-0.39, 0.29) is 30.4 Å². The zero-order valence-electron chi connectivity index (χ0n) is 20.4. The van der Waals surface area contributed by atoms with Gasteiger partial charge in [-0.2, -0.15) is 0 Å². The second-order valence-electron chi connectivity index (χ2n) is 10.7. The quantitative estimate of drug-likeness (QED) is 0.684. The van der Waals surface area contributed by atoms with E-state index >= 15 is 0 Å². The molecule has 3 N–H and O–H groups in total. The SMILES string of the molecule is CC(C)(C)OC(=O)NC1CCN(C[C@H]2O[C@@H](n3ccc4c(N)ncnc43)[C@@H]3OC(C)(C)O[C@@H]32)C1. The minimum Gasteiger partial charge on any atom is -0.444 e. The van der Waals surface area contributed by atoms with Gasteiger partial charge in [0, 0.05) is 31.9 Å². The Morgan fingerprint density at radius 1 is 1.29 bits per heavy atom. The number of ether oxygens (including phenoxy) is 4. The first-order valence-electron chi connectivity index (χ1n) is 11.8. The molecule has 0 bridgehead atoms. The van der Waals surface area contributed by atoms with Crippen molar-refractivity contribution in [1.29, 1.82) is 0 Å². The Hall–Kier alpha value is -2.47. The molecule has 3 aliphatic heterocycles. The predicted octanol–water partition coefficient (Wildman–Crippen LogP) is 2.03. The molecule has 0 spiro atoms. The predicted molar refractivity (Wildman–Crippen MR) is 124 cm³/mol. The molecule has 3 fully saturated rings. The van der Waals surface area contributed by atoms with E-state index in [2.05, 4.69) is 20.2 Å². The lowest BCUT2D eigenvalue weighted by atomic mass is 10.1. The number of amides is 1. The molecule has 0 aromatic carbocycles. The molecule has 11 nitrogen and oxygen atoms in total. The van der Waals surface area contributed by atoms with Gasteiger partial charge in [-0.3, -0.25) is 4.90 Å². The monoisotopic (exact) mass is 474 g/mol. The minimum absolute atomic E-state index is 0.0353. The molecule has 3 saturated heterocycles. The Kier molecular flexibility index (Phi) is 5.70. The van der Waals surface area contributed by atoms with Crippen molar-refractivity contribution in [1.82, 2.24) is 24.8 Å². The van der Waals surface area contributed by atoms with Crippen LogP contribution in [-0.4, -0.2) is 80.9 Å². The van der Waals surface area contributed by atoms with Crippen LogP contribution in [0.2, 0.25) is 0 Å². The molecule has 0 saturated carbocycles. The van der Waals surface area contributed by atoms with Crippen LogP contribution in [-0.2, 0) is 18.9 Å². The highest BCUT2D eigenvalue weighted by Crippen LogP contribution is 2.44. The number of carbonyl (C=O) groups excluding carboxylic acids is 1. The molecule has 0 aliphatic carbocycles. The van der Waals surface area contributed by atoms with Crippen molar-refractivity contribution < 1.29 is 23.7 Å². The molecule has 0 radical (unpaired) electrons. The van der Waals surface area contributed by atoms with Gasteiger partial charge >= 0.3 is 6.09 Å². The van der Waals surface area contributed by atoms with E-state index < -0.39 is 17.6 Å². The van der Waals surface area contributed by atoms with E-state index in [0.29, 0.717) is 18.0 Å². The second kappa shape index (κ2) is 8.33. The number of nitrogens with zero attached hydrogens (tertiary/aromatic N) is 4. The van der Waals surface area contributed by atoms with Gasteiger partial charge in [0.25, 0.3) is 0 Å². The summed E-state index contributed by atoms with van der Waals surface area (Å²) in [6, 6.07) is 1.93. The summed E-state index contributed by atoms with van der Waals surface area (Å²) in [4.78, 5) is 22.9. The largest absolute Gasteiger partial charge is 0.444 e. The summed E-state index contributed by atoms with van der Waals surface area (Å²) in [5.41, 5.74) is 6.21. The number of nitrogens with two attached hydrogens (primary N) is 1. The average Bonchev–Trinajstić information content (AvgIpc) is 3.45. The first-order valence-corrected chi connectivity index (χ1v) is 11.8. The van der Waals surface area contributed by atoms with Gasteiger partial charge in [0.05, 0.1) is 5.39 Å². The topological polar surface area (TPSA) is 126 Å². The summed E-state index contributed by atoms with van der Waals surface area (Å²) in [5.74, 6) is -0.280. The molecule has 1 unspecified atom stereocenters. The number of anilines is 1. The number of hydrogen-bond donors (Lipinski definition) is 2. The standard InChI is InChI=1S/C23H34N6O5/c1-22(2,3)34-21(30)27-13-6-8-28(10-13)11-15-16-17(33-23(4,5)32-16)20(31-15)29-9-7-14-18(24)25-12-26-19(14)29/h7,9,12-13,15-17,20H,6,8,10-11H2,1-5H3,(H,27,30)(H2,24,25,26)/t13?,15-,16-,17-,20-/m1/s1. The molecule has 1 amide bonds. The highest BCUT2D eigenvalue weighted by molar-refractivity contribution is 5.86. The highest BCUT2D eigenvalue weighted by Gasteiger charge is 2.56. The third-order valence-electron chi connectivity index (χ3n) is 6.37. The average molecular weight is 475 g/mol. The van der Waals surface area contributed by atoms with Crippen molar-refractivity contribution in [2.45, 2.75) is 83.0 Å². The van der Waals surface area contributed by atoms with Gasteiger partial charge in [0.2, 0.25) is 0 Å². The summed E-state index contributed by atoms with van der Waals surface area (Å²) in [6.07, 6.45) is 2.72. The van der Waals surface area contributed by atoms with Crippen LogP contribution in [0.25, 0.3) is 11.0 Å². The van der Waals surface area contributed by atoms with Crippen LogP contribution in [0.15, 0.2) is 18.6 Å². The molecule has 5 heterocycles. The van der Waals surface area contributed by atoms with Gasteiger partial charge in [-0.15, -0.1) is 0 Å². The van der Waals surface area contributed by atoms with E-state index in [9.17, 15) is 4.79 Å². The number of aromatic nitrogens is 3. The number of rotatable bonds is 4. The van der Waals surface area contributed by atoms with Crippen LogP contribution in [0.4, 0.5) is 10.6 Å². The number of fused-ring (bicyclic) bond motifs is 2. The molecule has 186 valence electrons. The molecule has 3 aliphatic rings. The molecule has 2 aromatic heterocycles. The van der Waals surface area contributed by atoms with Crippen molar-refractivity contribution in [3.8, 4) is 0 Å². The zero-order valence-corrected chi connectivity index (χ0v) is 20.4. The van der Waals surface area contributed by atoms with E-state index in [1.54, 1.807) is 0 Å². The van der Waals surface area contributed by atoms with Gasteiger partial charge in [-0.1, -0.05) is 0 Å². The summed E-state index contributed by atoms with van der Waals surface area (Å²) in [5, 5.41) is 3.75. The van der Waals surface area contributed by atoms with Crippen LogP contribution in [0.5, 0.6) is 0 Å². The first kappa shape index (κ1) is 23.3. The summed E-state index contributed by atoms with van der Waals surface area (Å²) in [7, 11) is 0. The minimum atomic E-state index is -0.710. The third-order valence-corrected chi connectivity index (χ3v) is 6.37. The molecule has 11 heteroatoms.